The standard InChI is InChI=1S/C26H32N2/c1-3-9-20-14-16-26(2)25-23(15-17-27(26)18-20)22-12-7-8-13-24(22)28(25)19-21-10-5-4-6-11-21/h4-8,10-13,20H,3,9,14-19H2,1-2H3/p+1/t20-,26+/m0/s1. The predicted molar refractivity (Wildman–Crippen MR) is 117 cm³/mol. The highest BCUT2D eigenvalue weighted by atomic mass is 15.2. The van der Waals surface area contributed by atoms with E-state index >= 15 is 0 Å². The minimum atomic E-state index is 0.256. The largest absolute Gasteiger partial charge is 0.334 e. The van der Waals surface area contributed by atoms with Crippen LogP contribution in [0.15, 0.2) is 54.6 Å². The van der Waals surface area contributed by atoms with Crippen molar-refractivity contribution in [1.82, 2.24) is 4.57 Å². The Kier molecular flexibility index (Phi) is 4.55. The number of para-hydroxylation sites is 1. The van der Waals surface area contributed by atoms with E-state index in [0.29, 0.717) is 0 Å². The molecule has 146 valence electrons. The first-order valence-electron chi connectivity index (χ1n) is 11.2. The van der Waals surface area contributed by atoms with Gasteiger partial charge in [0.15, 0.2) is 0 Å². The van der Waals surface area contributed by atoms with Crippen molar-refractivity contribution in [2.45, 2.75) is 58.0 Å². The van der Waals surface area contributed by atoms with Gasteiger partial charge in [-0.05, 0) is 37.0 Å². The lowest BCUT2D eigenvalue weighted by Gasteiger charge is -2.48. The lowest BCUT2D eigenvalue weighted by molar-refractivity contribution is -0.970. The number of hydrogen-bond acceptors (Lipinski definition) is 0. The number of nitrogens with zero attached hydrogens (tertiary/aromatic N) is 1. The molecular formula is C26H33N2+. The van der Waals surface area contributed by atoms with Crippen LogP contribution in [0.2, 0.25) is 0 Å². The van der Waals surface area contributed by atoms with Gasteiger partial charge in [0.1, 0.15) is 5.54 Å². The highest BCUT2D eigenvalue weighted by molar-refractivity contribution is 5.86. The monoisotopic (exact) mass is 373 g/mol. The fraction of sp³-hybridized carbons (Fsp3) is 0.462. The van der Waals surface area contributed by atoms with E-state index in [1.165, 1.54) is 61.7 Å². The molecule has 2 aliphatic rings. The summed E-state index contributed by atoms with van der Waals surface area (Å²) in [6.07, 6.45) is 6.67. The van der Waals surface area contributed by atoms with Crippen molar-refractivity contribution in [2.24, 2.45) is 5.92 Å². The molecule has 0 aliphatic carbocycles. The van der Waals surface area contributed by atoms with Gasteiger partial charge in [0, 0.05) is 36.2 Å². The number of piperidine rings is 1. The quantitative estimate of drug-likeness (QED) is 0.687. The van der Waals surface area contributed by atoms with Gasteiger partial charge in [-0.1, -0.05) is 61.9 Å². The van der Waals surface area contributed by atoms with Gasteiger partial charge in [0.2, 0.25) is 0 Å². The van der Waals surface area contributed by atoms with Crippen LogP contribution in [0.3, 0.4) is 0 Å². The molecule has 1 N–H and O–H groups in total. The van der Waals surface area contributed by atoms with Crippen LogP contribution >= 0.6 is 0 Å². The molecule has 0 bridgehead atoms. The molecule has 2 heteroatoms. The molecule has 3 heterocycles. The summed E-state index contributed by atoms with van der Waals surface area (Å²) >= 11 is 0. The molecule has 1 unspecified atom stereocenters. The molecule has 0 saturated carbocycles. The van der Waals surface area contributed by atoms with Crippen LogP contribution in [0.4, 0.5) is 0 Å². The molecule has 1 saturated heterocycles. The summed E-state index contributed by atoms with van der Waals surface area (Å²) in [7, 11) is 0. The average Bonchev–Trinajstić information content (AvgIpc) is 3.04. The topological polar surface area (TPSA) is 9.37 Å². The van der Waals surface area contributed by atoms with Crippen LogP contribution in [-0.2, 0) is 18.5 Å². The number of nitrogens with one attached hydrogen (secondary N) is 1. The Morgan fingerprint density at radius 2 is 1.86 bits per heavy atom. The van der Waals surface area contributed by atoms with Crippen molar-refractivity contribution in [3.63, 3.8) is 0 Å². The first kappa shape index (κ1) is 18.0. The van der Waals surface area contributed by atoms with Gasteiger partial charge in [0.25, 0.3) is 0 Å². The molecular weight excluding hydrogens is 340 g/mol. The van der Waals surface area contributed by atoms with Crippen molar-refractivity contribution in [3.05, 3.63) is 71.4 Å². The van der Waals surface area contributed by atoms with Crippen molar-refractivity contribution < 1.29 is 4.90 Å². The third-order valence-corrected chi connectivity index (χ3v) is 7.52. The fourth-order valence-electron chi connectivity index (χ4n) is 6.13. The third-order valence-electron chi connectivity index (χ3n) is 7.52. The van der Waals surface area contributed by atoms with Crippen molar-refractivity contribution in [3.8, 4) is 0 Å². The summed E-state index contributed by atoms with van der Waals surface area (Å²) in [5.41, 5.74) is 6.35. The SMILES string of the molecule is CCC[C@H]1CC[C@]2(C)c3c(c4ccccc4n3Cc3ccccc3)CC[NH+]2C1. The van der Waals surface area contributed by atoms with Gasteiger partial charge in [-0.2, -0.15) is 0 Å². The molecule has 3 aromatic rings. The van der Waals surface area contributed by atoms with E-state index in [-0.39, 0.29) is 5.54 Å². The molecule has 2 aliphatic heterocycles. The minimum absolute atomic E-state index is 0.256. The second kappa shape index (κ2) is 7.08. The van der Waals surface area contributed by atoms with E-state index in [0.717, 1.165) is 12.5 Å². The zero-order valence-electron chi connectivity index (χ0n) is 17.4. The number of benzene rings is 2. The Labute approximate surface area is 169 Å². The molecule has 2 nitrogen and oxygen atoms in total. The van der Waals surface area contributed by atoms with Gasteiger partial charge < -0.3 is 9.47 Å². The Bertz CT molecular complexity index is 971. The van der Waals surface area contributed by atoms with E-state index in [9.17, 15) is 0 Å². The first-order chi connectivity index (χ1) is 13.7. The Morgan fingerprint density at radius 1 is 1.07 bits per heavy atom. The van der Waals surface area contributed by atoms with Crippen molar-refractivity contribution in [1.29, 1.82) is 0 Å². The molecule has 1 aromatic heterocycles. The minimum Gasteiger partial charge on any atom is -0.334 e. The molecule has 1 fully saturated rings. The number of quaternary nitrogens is 1. The summed E-state index contributed by atoms with van der Waals surface area (Å²) in [4.78, 5) is 1.84. The average molecular weight is 374 g/mol. The number of aromatic nitrogens is 1. The summed E-state index contributed by atoms with van der Waals surface area (Å²) < 4.78 is 2.67. The highest BCUT2D eigenvalue weighted by Crippen LogP contribution is 2.39. The number of fused-ring (bicyclic) bond motifs is 5. The second-order valence-electron chi connectivity index (χ2n) is 9.25. The summed E-state index contributed by atoms with van der Waals surface area (Å²) in [5, 5.41) is 1.49. The van der Waals surface area contributed by atoms with Crippen molar-refractivity contribution in [2.75, 3.05) is 13.1 Å². The maximum atomic E-state index is 2.67. The summed E-state index contributed by atoms with van der Waals surface area (Å²) in [6.45, 7) is 8.54. The maximum absolute atomic E-state index is 2.67. The third kappa shape index (κ3) is 2.81. The van der Waals surface area contributed by atoms with Crippen LogP contribution in [0, 0.1) is 5.92 Å². The van der Waals surface area contributed by atoms with Crippen LogP contribution in [-0.4, -0.2) is 17.7 Å². The van der Waals surface area contributed by atoms with E-state index in [2.05, 4.69) is 73.0 Å². The molecule has 0 spiro atoms. The first-order valence-corrected chi connectivity index (χ1v) is 11.2. The fourth-order valence-corrected chi connectivity index (χ4v) is 6.13. The van der Waals surface area contributed by atoms with Gasteiger partial charge in [-0.15, -0.1) is 0 Å². The number of hydrogen-bond donors (Lipinski definition) is 1. The van der Waals surface area contributed by atoms with Gasteiger partial charge in [-0.3, -0.25) is 0 Å². The van der Waals surface area contributed by atoms with Crippen LogP contribution in [0.1, 0.15) is 56.4 Å². The lowest BCUT2D eigenvalue weighted by Crippen LogP contribution is -3.21. The van der Waals surface area contributed by atoms with E-state index in [1.54, 1.807) is 11.3 Å². The highest BCUT2D eigenvalue weighted by Gasteiger charge is 2.49. The Balaban J connectivity index is 1.64. The van der Waals surface area contributed by atoms with Crippen LogP contribution in [0.5, 0.6) is 0 Å². The molecule has 0 amide bonds. The number of rotatable bonds is 4. The Morgan fingerprint density at radius 3 is 2.68 bits per heavy atom. The molecule has 5 rings (SSSR count). The smallest absolute Gasteiger partial charge is 0.136 e. The normalized spacial score (nSPS) is 26.8. The zero-order valence-corrected chi connectivity index (χ0v) is 17.4. The molecule has 3 atom stereocenters. The summed E-state index contributed by atoms with van der Waals surface area (Å²) in [6, 6.07) is 20.1. The van der Waals surface area contributed by atoms with Gasteiger partial charge in [-0.25, -0.2) is 0 Å². The Hall–Kier alpha value is -2.06. The van der Waals surface area contributed by atoms with E-state index in [4.69, 9.17) is 0 Å². The van der Waals surface area contributed by atoms with Gasteiger partial charge in [0.05, 0.1) is 18.8 Å². The molecule has 0 radical (unpaired) electrons. The van der Waals surface area contributed by atoms with E-state index in [1.807, 2.05) is 4.90 Å². The molecule has 28 heavy (non-hydrogen) atoms. The van der Waals surface area contributed by atoms with Crippen LogP contribution in [0.25, 0.3) is 10.9 Å². The second-order valence-corrected chi connectivity index (χ2v) is 9.25. The van der Waals surface area contributed by atoms with Crippen molar-refractivity contribution >= 4 is 10.9 Å². The zero-order chi connectivity index (χ0) is 19.1. The predicted octanol–water partition coefficient (Wildman–Crippen LogP) is 4.56. The van der Waals surface area contributed by atoms with Crippen LogP contribution < -0.4 is 4.90 Å². The molecule has 2 aromatic carbocycles. The maximum Gasteiger partial charge on any atom is 0.136 e. The lowest BCUT2D eigenvalue weighted by atomic mass is 9.76. The van der Waals surface area contributed by atoms with Gasteiger partial charge >= 0.3 is 0 Å². The summed E-state index contributed by atoms with van der Waals surface area (Å²) in [5.74, 6) is 0.918. The van der Waals surface area contributed by atoms with E-state index < -0.39 is 0 Å².